The third-order valence-corrected chi connectivity index (χ3v) is 4.27. The molecule has 29 heavy (non-hydrogen) atoms. The normalized spacial score (nSPS) is 10.5. The Bertz CT molecular complexity index is 1180. The molecular weight excluding hydrogens is 366 g/mol. The number of nitriles is 1. The average molecular weight is 383 g/mol. The topological polar surface area (TPSA) is 116 Å². The van der Waals surface area contributed by atoms with E-state index in [2.05, 4.69) is 26.1 Å². The zero-order valence-electron chi connectivity index (χ0n) is 15.6. The summed E-state index contributed by atoms with van der Waals surface area (Å²) < 4.78 is 7.73. The van der Waals surface area contributed by atoms with Crippen LogP contribution in [0.4, 0.5) is 0 Å². The number of rotatable bonds is 5. The Labute approximate surface area is 167 Å². The van der Waals surface area contributed by atoms with Crippen LogP contribution in [0.5, 0.6) is 11.6 Å². The van der Waals surface area contributed by atoms with E-state index in [0.717, 1.165) is 11.3 Å². The molecule has 0 aliphatic heterocycles. The molecule has 0 atom stereocenters. The molecule has 0 unspecified atom stereocenters. The highest BCUT2D eigenvalue weighted by atomic mass is 16.5. The third kappa shape index (κ3) is 3.81. The van der Waals surface area contributed by atoms with Crippen LogP contribution in [0.3, 0.4) is 0 Å². The van der Waals surface area contributed by atoms with Gasteiger partial charge in [0.15, 0.2) is 5.82 Å². The number of nitrogens with zero attached hydrogens (tertiary/aromatic N) is 6. The summed E-state index contributed by atoms with van der Waals surface area (Å²) in [6.45, 7) is 0.363. The van der Waals surface area contributed by atoms with E-state index in [1.54, 1.807) is 54.6 Å². The van der Waals surface area contributed by atoms with Crippen molar-refractivity contribution in [1.29, 1.82) is 5.26 Å². The average Bonchev–Trinajstić information content (AvgIpc) is 3.14. The van der Waals surface area contributed by atoms with Gasteiger partial charge >= 0.3 is 0 Å². The van der Waals surface area contributed by atoms with Crippen LogP contribution in [0.1, 0.15) is 11.1 Å². The van der Waals surface area contributed by atoms with Crippen molar-refractivity contribution < 1.29 is 4.74 Å². The second kappa shape index (κ2) is 7.88. The maximum absolute atomic E-state index is 9.29. The van der Waals surface area contributed by atoms with Crippen molar-refractivity contribution in [2.45, 2.75) is 6.54 Å². The van der Waals surface area contributed by atoms with Gasteiger partial charge in [-0.05, 0) is 30.3 Å². The Kier molecular flexibility index (Phi) is 4.97. The van der Waals surface area contributed by atoms with E-state index in [1.807, 2.05) is 18.2 Å². The summed E-state index contributed by atoms with van der Waals surface area (Å²) in [5.74, 6) is 1.44. The van der Waals surface area contributed by atoms with Crippen molar-refractivity contribution in [2.75, 3.05) is 0 Å². The molecule has 0 spiro atoms. The molecule has 4 aromatic rings. The van der Waals surface area contributed by atoms with Crippen LogP contribution in [0.2, 0.25) is 0 Å². The summed E-state index contributed by atoms with van der Waals surface area (Å²) in [5, 5.41) is 13.8. The first-order valence-corrected chi connectivity index (χ1v) is 8.86. The molecule has 2 N–H and O–H groups in total. The van der Waals surface area contributed by atoms with Crippen LogP contribution in [-0.2, 0) is 13.6 Å². The standard InChI is InChI=1S/C21H17N7O/c1-28-20(9-18(27-28)17-4-2-3-7-24-17)29-19-8-14(10-22)5-6-16(19)21-25-12-15(11-23)13-26-21/h2-9,12-13H,11,23H2,1H3. The minimum absolute atomic E-state index is 0.363. The van der Waals surface area contributed by atoms with E-state index in [9.17, 15) is 5.26 Å². The highest BCUT2D eigenvalue weighted by molar-refractivity contribution is 5.66. The molecule has 0 bridgehead atoms. The first-order valence-electron chi connectivity index (χ1n) is 8.86. The van der Waals surface area contributed by atoms with Crippen molar-refractivity contribution >= 4 is 0 Å². The van der Waals surface area contributed by atoms with Gasteiger partial charge in [-0.2, -0.15) is 10.4 Å². The lowest BCUT2D eigenvalue weighted by molar-refractivity contribution is 0.432. The van der Waals surface area contributed by atoms with Crippen molar-refractivity contribution in [1.82, 2.24) is 24.7 Å². The lowest BCUT2D eigenvalue weighted by Crippen LogP contribution is -2.01. The van der Waals surface area contributed by atoms with E-state index >= 15 is 0 Å². The van der Waals surface area contributed by atoms with Crippen LogP contribution >= 0.6 is 0 Å². The Hall–Kier alpha value is -4.09. The fourth-order valence-electron chi connectivity index (χ4n) is 2.76. The first kappa shape index (κ1) is 18.3. The number of aromatic nitrogens is 5. The van der Waals surface area contributed by atoms with Crippen molar-refractivity contribution in [3.8, 4) is 40.5 Å². The fraction of sp³-hybridized carbons (Fsp3) is 0.0952. The molecule has 4 rings (SSSR count). The minimum atomic E-state index is 0.363. The Morgan fingerprint density at radius 1 is 1.07 bits per heavy atom. The van der Waals surface area contributed by atoms with Gasteiger partial charge in [0.2, 0.25) is 5.88 Å². The molecule has 0 aliphatic rings. The van der Waals surface area contributed by atoms with Gasteiger partial charge in [0.1, 0.15) is 11.4 Å². The van der Waals surface area contributed by atoms with E-state index in [-0.39, 0.29) is 0 Å². The quantitative estimate of drug-likeness (QED) is 0.563. The van der Waals surface area contributed by atoms with Gasteiger partial charge in [-0.15, -0.1) is 0 Å². The highest BCUT2D eigenvalue weighted by Gasteiger charge is 2.15. The van der Waals surface area contributed by atoms with Gasteiger partial charge in [0.05, 0.1) is 22.9 Å². The van der Waals surface area contributed by atoms with Crippen molar-refractivity contribution in [3.05, 3.63) is 72.2 Å². The summed E-state index contributed by atoms with van der Waals surface area (Å²) in [5.41, 5.74) is 9.00. The van der Waals surface area contributed by atoms with E-state index in [1.165, 1.54) is 0 Å². The second-order valence-electron chi connectivity index (χ2n) is 6.25. The number of nitrogens with two attached hydrogens (primary N) is 1. The first-order chi connectivity index (χ1) is 14.2. The van der Waals surface area contributed by atoms with Crippen LogP contribution < -0.4 is 10.5 Å². The lowest BCUT2D eigenvalue weighted by Gasteiger charge is -2.11. The molecule has 1 aromatic carbocycles. The minimum Gasteiger partial charge on any atom is -0.438 e. The number of ether oxygens (including phenoxy) is 1. The molecule has 3 heterocycles. The maximum Gasteiger partial charge on any atom is 0.218 e. The molecule has 0 amide bonds. The number of pyridine rings is 1. The van der Waals surface area contributed by atoms with E-state index in [4.69, 9.17) is 10.5 Å². The number of hydrogen-bond donors (Lipinski definition) is 1. The Morgan fingerprint density at radius 2 is 1.90 bits per heavy atom. The second-order valence-corrected chi connectivity index (χ2v) is 6.25. The van der Waals surface area contributed by atoms with Crippen LogP contribution in [-0.4, -0.2) is 24.7 Å². The molecule has 0 saturated heterocycles. The molecule has 0 radical (unpaired) electrons. The van der Waals surface area contributed by atoms with E-state index in [0.29, 0.717) is 40.8 Å². The fourth-order valence-corrected chi connectivity index (χ4v) is 2.76. The Balaban J connectivity index is 1.73. The molecule has 0 fully saturated rings. The van der Waals surface area contributed by atoms with Gasteiger partial charge in [0.25, 0.3) is 0 Å². The third-order valence-electron chi connectivity index (χ3n) is 4.27. The summed E-state index contributed by atoms with van der Waals surface area (Å²) in [4.78, 5) is 13.0. The highest BCUT2D eigenvalue weighted by Crippen LogP contribution is 2.33. The van der Waals surface area contributed by atoms with Gasteiger partial charge in [-0.25, -0.2) is 14.6 Å². The summed E-state index contributed by atoms with van der Waals surface area (Å²) in [7, 11) is 1.78. The van der Waals surface area contributed by atoms with Gasteiger partial charge in [0, 0.05) is 43.8 Å². The van der Waals surface area contributed by atoms with Crippen LogP contribution in [0.15, 0.2) is 61.1 Å². The molecule has 8 nitrogen and oxygen atoms in total. The van der Waals surface area contributed by atoms with Crippen LogP contribution in [0.25, 0.3) is 22.8 Å². The summed E-state index contributed by atoms with van der Waals surface area (Å²) in [6, 6.07) is 14.7. The maximum atomic E-state index is 9.29. The summed E-state index contributed by atoms with van der Waals surface area (Å²) >= 11 is 0. The zero-order chi connectivity index (χ0) is 20.2. The largest absolute Gasteiger partial charge is 0.438 e. The predicted octanol–water partition coefficient (Wildman–Crippen LogP) is 3.06. The zero-order valence-corrected chi connectivity index (χ0v) is 15.6. The van der Waals surface area contributed by atoms with Gasteiger partial charge < -0.3 is 10.5 Å². The molecular formula is C21H17N7O. The predicted molar refractivity (Wildman–Crippen MR) is 107 cm³/mol. The SMILES string of the molecule is Cn1nc(-c2ccccn2)cc1Oc1cc(C#N)ccc1-c1ncc(CN)cn1. The Morgan fingerprint density at radius 3 is 2.59 bits per heavy atom. The van der Waals surface area contributed by atoms with Gasteiger partial charge in [-0.3, -0.25) is 4.98 Å². The number of hydrogen-bond acceptors (Lipinski definition) is 7. The monoisotopic (exact) mass is 383 g/mol. The van der Waals surface area contributed by atoms with Crippen LogP contribution in [0, 0.1) is 11.3 Å². The molecule has 142 valence electrons. The smallest absolute Gasteiger partial charge is 0.218 e. The number of benzene rings is 1. The summed E-state index contributed by atoms with van der Waals surface area (Å²) in [6.07, 6.45) is 5.06. The molecule has 3 aromatic heterocycles. The van der Waals surface area contributed by atoms with Crippen molar-refractivity contribution in [3.63, 3.8) is 0 Å². The van der Waals surface area contributed by atoms with E-state index < -0.39 is 0 Å². The lowest BCUT2D eigenvalue weighted by atomic mass is 10.1. The van der Waals surface area contributed by atoms with Crippen molar-refractivity contribution in [2.24, 2.45) is 12.8 Å². The number of aryl methyl sites for hydroxylation is 1. The molecule has 8 heteroatoms. The molecule has 0 saturated carbocycles. The molecule has 0 aliphatic carbocycles. The van der Waals surface area contributed by atoms with Gasteiger partial charge in [-0.1, -0.05) is 6.07 Å².